The summed E-state index contributed by atoms with van der Waals surface area (Å²) in [5.41, 5.74) is 26.6. The first-order valence-electron chi connectivity index (χ1n) is 18.6. The van der Waals surface area contributed by atoms with E-state index in [1.807, 2.05) is 128 Å². The summed E-state index contributed by atoms with van der Waals surface area (Å²) in [7, 11) is 1.50. The molecule has 6 rings (SSSR count). The average molecular weight is 725 g/mol. The Balaban J connectivity index is 0.000000270. The van der Waals surface area contributed by atoms with E-state index in [2.05, 4.69) is 105 Å². The summed E-state index contributed by atoms with van der Waals surface area (Å²) in [5.74, 6) is 0.238. The molecule has 0 bridgehead atoms. The van der Waals surface area contributed by atoms with Gasteiger partial charge in [-0.2, -0.15) is 0 Å². The molecule has 1 aliphatic carbocycles. The number of aliphatic imine (C=N–C) groups is 1. The SMILES string of the molecule is C=C/C=C\C=C(/N=CC=C(C)C)C1C=C(c2cccc(-c3ccccc3)c2)C=CC1.CN.N/C(=C\C(N)c1ccccc1)c1ccccc1.c1ccccc1. The van der Waals surface area contributed by atoms with E-state index in [1.54, 1.807) is 6.08 Å². The van der Waals surface area contributed by atoms with Crippen LogP contribution in [-0.4, -0.2) is 13.3 Å². The Morgan fingerprint density at radius 1 is 0.691 bits per heavy atom. The summed E-state index contributed by atoms with van der Waals surface area (Å²) in [6, 6.07) is 50.8. The van der Waals surface area contributed by atoms with E-state index in [1.165, 1.54) is 34.9 Å². The van der Waals surface area contributed by atoms with Gasteiger partial charge in [0, 0.05) is 23.5 Å². The van der Waals surface area contributed by atoms with Gasteiger partial charge in [-0.1, -0.05) is 194 Å². The molecular weight excluding hydrogens is 669 g/mol. The molecule has 0 amide bonds. The molecule has 4 heteroatoms. The van der Waals surface area contributed by atoms with E-state index in [-0.39, 0.29) is 12.0 Å². The monoisotopic (exact) mass is 724 g/mol. The van der Waals surface area contributed by atoms with E-state index in [0.717, 1.165) is 23.2 Å². The fourth-order valence-corrected chi connectivity index (χ4v) is 5.43. The molecule has 55 heavy (non-hydrogen) atoms. The number of rotatable bonds is 10. The Morgan fingerprint density at radius 3 is 1.84 bits per heavy atom. The molecule has 5 aromatic rings. The van der Waals surface area contributed by atoms with Crippen molar-refractivity contribution in [3.8, 4) is 11.1 Å². The van der Waals surface area contributed by atoms with Gasteiger partial charge in [-0.3, -0.25) is 4.99 Å². The maximum absolute atomic E-state index is 6.08. The maximum atomic E-state index is 6.08. The molecule has 1 aliphatic rings. The van der Waals surface area contributed by atoms with Gasteiger partial charge in [-0.25, -0.2) is 0 Å². The summed E-state index contributed by atoms with van der Waals surface area (Å²) in [4.78, 5) is 4.75. The van der Waals surface area contributed by atoms with Gasteiger partial charge in [-0.05, 0) is 85.0 Å². The van der Waals surface area contributed by atoms with Crippen LogP contribution < -0.4 is 17.2 Å². The Hall–Kier alpha value is -6.33. The third-order valence-electron chi connectivity index (χ3n) is 8.21. The second-order valence-electron chi connectivity index (χ2n) is 12.6. The minimum atomic E-state index is -0.170. The van der Waals surface area contributed by atoms with Crippen LogP contribution >= 0.6 is 0 Å². The van der Waals surface area contributed by atoms with Crippen molar-refractivity contribution in [3.05, 3.63) is 241 Å². The number of nitrogens with zero attached hydrogens (tertiary/aromatic N) is 1. The molecule has 6 N–H and O–H groups in total. The average Bonchev–Trinajstić information content (AvgIpc) is 3.26. The number of hydrogen-bond donors (Lipinski definition) is 3. The van der Waals surface area contributed by atoms with Crippen molar-refractivity contribution in [1.82, 2.24) is 0 Å². The smallest absolute Gasteiger partial charge is 0.0504 e. The lowest BCUT2D eigenvalue weighted by atomic mass is 9.89. The molecule has 2 atom stereocenters. The van der Waals surface area contributed by atoms with Crippen molar-refractivity contribution in [2.75, 3.05) is 7.05 Å². The van der Waals surface area contributed by atoms with Crippen LogP contribution in [0, 0.1) is 5.92 Å². The van der Waals surface area contributed by atoms with E-state index in [4.69, 9.17) is 16.5 Å². The summed E-state index contributed by atoms with van der Waals surface area (Å²) >= 11 is 0. The fourth-order valence-electron chi connectivity index (χ4n) is 5.43. The predicted octanol–water partition coefficient (Wildman–Crippen LogP) is 11.9. The molecule has 5 aromatic carbocycles. The van der Waals surface area contributed by atoms with Crippen molar-refractivity contribution in [2.24, 2.45) is 28.1 Å². The normalized spacial score (nSPS) is 14.2. The van der Waals surface area contributed by atoms with Gasteiger partial charge in [0.05, 0.1) is 6.04 Å². The highest BCUT2D eigenvalue weighted by Crippen LogP contribution is 2.31. The zero-order chi connectivity index (χ0) is 39.5. The lowest BCUT2D eigenvalue weighted by molar-refractivity contribution is 0.760. The van der Waals surface area contributed by atoms with Gasteiger partial charge in [-0.15, -0.1) is 0 Å². The van der Waals surface area contributed by atoms with Crippen molar-refractivity contribution in [1.29, 1.82) is 0 Å². The fraction of sp³-hybridized carbons (Fsp3) is 0.118. The van der Waals surface area contributed by atoms with E-state index in [0.29, 0.717) is 5.70 Å². The first kappa shape index (κ1) is 43.1. The third-order valence-corrected chi connectivity index (χ3v) is 8.21. The molecule has 2 unspecified atom stereocenters. The quantitative estimate of drug-likeness (QED) is 0.0989. The third kappa shape index (κ3) is 16.1. The zero-order valence-corrected chi connectivity index (χ0v) is 32.5. The molecule has 4 nitrogen and oxygen atoms in total. The number of nitrogens with two attached hydrogens (primary N) is 3. The molecule has 0 aromatic heterocycles. The van der Waals surface area contributed by atoms with Crippen LogP contribution in [-0.2, 0) is 0 Å². The second kappa shape index (κ2) is 25.6. The van der Waals surface area contributed by atoms with Crippen LogP contribution in [0.4, 0.5) is 0 Å². The topological polar surface area (TPSA) is 90.4 Å². The maximum Gasteiger partial charge on any atom is 0.0504 e. The summed E-state index contributed by atoms with van der Waals surface area (Å²) in [6.07, 6.45) is 21.4. The van der Waals surface area contributed by atoms with Crippen molar-refractivity contribution in [3.63, 3.8) is 0 Å². The van der Waals surface area contributed by atoms with Crippen LogP contribution in [0.3, 0.4) is 0 Å². The van der Waals surface area contributed by atoms with Crippen LogP contribution in [0.2, 0.25) is 0 Å². The highest BCUT2D eigenvalue weighted by atomic mass is 14.7. The lowest BCUT2D eigenvalue weighted by Crippen LogP contribution is -2.09. The van der Waals surface area contributed by atoms with Crippen molar-refractivity contribution in [2.45, 2.75) is 26.3 Å². The molecule has 0 saturated carbocycles. The standard InChI is InChI=1S/C29H29N.C15H16N2.C6H6.CH5N/c1-4-5-7-18-29(30-20-19-23(2)3)28-17-11-16-27(22-28)26-15-10-14-25(21-26)24-12-8-6-9-13-24;16-14(12-7-3-1-4-8-12)11-15(17)13-9-5-2-6-10-13;1-2-4-6-5-3-1;1-2/h4-16,18-22,28H,1,17H2,2-3H3;1-11,14H,16-17H2;1-6H;2H2,1H3/b7-5-,29-18-,30-20?;15-11-;;. The molecular formula is C51H56N4. The predicted molar refractivity (Wildman–Crippen MR) is 241 cm³/mol. The van der Waals surface area contributed by atoms with Crippen LogP contribution in [0.5, 0.6) is 0 Å². The Kier molecular flexibility index (Phi) is 20.1. The van der Waals surface area contributed by atoms with Crippen LogP contribution in [0.15, 0.2) is 229 Å². The summed E-state index contributed by atoms with van der Waals surface area (Å²) < 4.78 is 0. The summed E-state index contributed by atoms with van der Waals surface area (Å²) in [5, 5.41) is 0. The number of hydrogen-bond acceptors (Lipinski definition) is 4. The zero-order valence-electron chi connectivity index (χ0n) is 32.5. The molecule has 0 radical (unpaired) electrons. The first-order chi connectivity index (χ1) is 26.9. The lowest BCUT2D eigenvalue weighted by Gasteiger charge is -2.18. The van der Waals surface area contributed by atoms with Gasteiger partial charge in [0.25, 0.3) is 0 Å². The van der Waals surface area contributed by atoms with Crippen LogP contribution in [0.25, 0.3) is 22.4 Å². The minimum absolute atomic E-state index is 0.170. The Morgan fingerprint density at radius 2 is 1.24 bits per heavy atom. The summed E-state index contributed by atoms with van der Waals surface area (Å²) in [6.45, 7) is 7.91. The number of benzene rings is 5. The molecule has 0 aliphatic heterocycles. The first-order valence-corrected chi connectivity index (χ1v) is 18.6. The van der Waals surface area contributed by atoms with Gasteiger partial charge >= 0.3 is 0 Å². The van der Waals surface area contributed by atoms with Crippen molar-refractivity contribution < 1.29 is 0 Å². The highest BCUT2D eigenvalue weighted by Gasteiger charge is 2.15. The molecule has 0 spiro atoms. The molecule has 280 valence electrons. The largest absolute Gasteiger partial charge is 0.398 e. The minimum Gasteiger partial charge on any atom is -0.398 e. The van der Waals surface area contributed by atoms with Gasteiger partial charge < -0.3 is 17.2 Å². The van der Waals surface area contributed by atoms with Gasteiger partial charge in [0.1, 0.15) is 0 Å². The molecule has 0 saturated heterocycles. The van der Waals surface area contributed by atoms with E-state index >= 15 is 0 Å². The van der Waals surface area contributed by atoms with Crippen molar-refractivity contribution >= 4 is 17.5 Å². The molecule has 0 heterocycles. The second-order valence-corrected chi connectivity index (χ2v) is 12.6. The molecule has 0 fully saturated rings. The number of allylic oxidation sites excluding steroid dienone is 10. The van der Waals surface area contributed by atoms with Crippen LogP contribution in [0.1, 0.15) is 43.0 Å². The van der Waals surface area contributed by atoms with Gasteiger partial charge in [0.2, 0.25) is 0 Å². The Bertz CT molecular complexity index is 2010. The van der Waals surface area contributed by atoms with Gasteiger partial charge in [0.15, 0.2) is 0 Å². The van der Waals surface area contributed by atoms with E-state index < -0.39 is 0 Å². The Labute approximate surface area is 329 Å². The highest BCUT2D eigenvalue weighted by molar-refractivity contribution is 5.79. The van der Waals surface area contributed by atoms with E-state index in [9.17, 15) is 0 Å².